The molecular formula is C13H19NO2. The van der Waals surface area contributed by atoms with Crippen LogP contribution in [0.3, 0.4) is 0 Å². The molecule has 0 aliphatic rings. The summed E-state index contributed by atoms with van der Waals surface area (Å²) in [5, 5.41) is 12.3. The highest BCUT2D eigenvalue weighted by Gasteiger charge is 2.15. The molecule has 0 saturated heterocycles. The molecule has 88 valence electrons. The van der Waals surface area contributed by atoms with Crippen LogP contribution in [0.25, 0.3) is 0 Å². The van der Waals surface area contributed by atoms with Crippen molar-refractivity contribution in [1.29, 1.82) is 0 Å². The van der Waals surface area contributed by atoms with Gasteiger partial charge in [0.25, 0.3) is 0 Å². The van der Waals surface area contributed by atoms with Gasteiger partial charge in [-0.3, -0.25) is 0 Å². The van der Waals surface area contributed by atoms with Gasteiger partial charge in [-0.15, -0.1) is 0 Å². The van der Waals surface area contributed by atoms with Crippen LogP contribution in [0.1, 0.15) is 38.2 Å². The number of benzene rings is 1. The Morgan fingerprint density at radius 2 is 1.94 bits per heavy atom. The van der Waals surface area contributed by atoms with Crippen LogP contribution in [0, 0.1) is 0 Å². The minimum Gasteiger partial charge on any atom is -0.497 e. The monoisotopic (exact) mass is 221 g/mol. The Hall–Kier alpha value is -1.51. The molecule has 0 aliphatic heterocycles. The molecule has 0 saturated carbocycles. The maximum atomic E-state index is 8.95. The van der Waals surface area contributed by atoms with Gasteiger partial charge in [-0.2, -0.15) is 0 Å². The molecule has 1 unspecified atom stereocenters. The topological polar surface area (TPSA) is 41.8 Å². The lowest BCUT2D eigenvalue weighted by molar-refractivity contribution is 0.315. The molecule has 0 aromatic heterocycles. The zero-order chi connectivity index (χ0) is 12.0. The number of methoxy groups -OCH3 is 1. The lowest BCUT2D eigenvalue weighted by Crippen LogP contribution is -2.11. The summed E-state index contributed by atoms with van der Waals surface area (Å²) in [7, 11) is 1.65. The molecule has 0 bridgehead atoms. The molecule has 3 nitrogen and oxygen atoms in total. The van der Waals surface area contributed by atoms with Gasteiger partial charge >= 0.3 is 0 Å². The molecule has 1 aromatic carbocycles. The third-order valence-corrected chi connectivity index (χ3v) is 2.82. The van der Waals surface area contributed by atoms with Gasteiger partial charge in [0, 0.05) is 5.92 Å². The van der Waals surface area contributed by atoms with E-state index in [1.165, 1.54) is 0 Å². The summed E-state index contributed by atoms with van der Waals surface area (Å²) in [5.41, 5.74) is 1.99. The molecule has 0 spiro atoms. The fourth-order valence-electron chi connectivity index (χ4n) is 1.89. The van der Waals surface area contributed by atoms with E-state index in [4.69, 9.17) is 9.94 Å². The van der Waals surface area contributed by atoms with Crippen LogP contribution in [0.4, 0.5) is 0 Å². The summed E-state index contributed by atoms with van der Waals surface area (Å²) < 4.78 is 5.12. The van der Waals surface area contributed by atoms with E-state index in [9.17, 15) is 0 Å². The Morgan fingerprint density at radius 1 is 1.31 bits per heavy atom. The van der Waals surface area contributed by atoms with Gasteiger partial charge in [0.15, 0.2) is 0 Å². The number of ether oxygens (including phenoxy) is 1. The molecule has 1 atom stereocenters. The largest absolute Gasteiger partial charge is 0.497 e. The maximum Gasteiger partial charge on any atom is 0.118 e. The van der Waals surface area contributed by atoms with E-state index in [0.29, 0.717) is 0 Å². The van der Waals surface area contributed by atoms with Crippen LogP contribution >= 0.6 is 0 Å². The standard InChI is InChI=1S/C13H19NO2/c1-4-12(13(5-2)14-15)10-6-8-11(16-3)9-7-10/h6-9,12,15H,4-5H2,1-3H3/b14-13+. The number of nitrogens with zero attached hydrogens (tertiary/aromatic N) is 1. The number of oxime groups is 1. The first kappa shape index (κ1) is 12.6. The lowest BCUT2D eigenvalue weighted by atomic mass is 9.90. The van der Waals surface area contributed by atoms with E-state index >= 15 is 0 Å². The second kappa shape index (κ2) is 6.16. The predicted octanol–water partition coefficient (Wildman–Crippen LogP) is 3.43. The molecule has 0 heterocycles. The van der Waals surface area contributed by atoms with Crippen LogP contribution in [0.5, 0.6) is 5.75 Å². The van der Waals surface area contributed by atoms with Crippen molar-refractivity contribution in [3.05, 3.63) is 29.8 Å². The first-order valence-corrected chi connectivity index (χ1v) is 5.61. The van der Waals surface area contributed by atoms with Gasteiger partial charge in [-0.05, 0) is 30.5 Å². The van der Waals surface area contributed by atoms with Crippen LogP contribution in [0.2, 0.25) is 0 Å². The van der Waals surface area contributed by atoms with Crippen LogP contribution in [0.15, 0.2) is 29.4 Å². The van der Waals surface area contributed by atoms with Crippen molar-refractivity contribution >= 4 is 5.71 Å². The molecule has 0 radical (unpaired) electrons. The van der Waals surface area contributed by atoms with Gasteiger partial charge in [-0.1, -0.05) is 31.1 Å². The molecule has 0 aliphatic carbocycles. The summed E-state index contributed by atoms with van der Waals surface area (Å²) >= 11 is 0. The summed E-state index contributed by atoms with van der Waals surface area (Å²) in [6.45, 7) is 4.09. The highest BCUT2D eigenvalue weighted by molar-refractivity contribution is 5.90. The third-order valence-electron chi connectivity index (χ3n) is 2.82. The van der Waals surface area contributed by atoms with E-state index in [0.717, 1.165) is 29.9 Å². The smallest absolute Gasteiger partial charge is 0.118 e. The van der Waals surface area contributed by atoms with E-state index in [-0.39, 0.29) is 5.92 Å². The summed E-state index contributed by atoms with van der Waals surface area (Å²) in [6.07, 6.45) is 1.70. The minimum atomic E-state index is 0.195. The van der Waals surface area contributed by atoms with Crippen molar-refractivity contribution in [2.75, 3.05) is 7.11 Å². The van der Waals surface area contributed by atoms with Crippen molar-refractivity contribution in [1.82, 2.24) is 0 Å². The Labute approximate surface area is 96.7 Å². The molecule has 16 heavy (non-hydrogen) atoms. The van der Waals surface area contributed by atoms with E-state index in [1.54, 1.807) is 7.11 Å². The van der Waals surface area contributed by atoms with Crippen LogP contribution in [-0.2, 0) is 0 Å². The van der Waals surface area contributed by atoms with Gasteiger partial charge in [0.2, 0.25) is 0 Å². The Bertz CT molecular complexity index is 343. The van der Waals surface area contributed by atoms with Gasteiger partial charge < -0.3 is 9.94 Å². The molecule has 1 aromatic rings. The average Bonchev–Trinajstić information content (AvgIpc) is 2.36. The summed E-state index contributed by atoms with van der Waals surface area (Å²) in [5.74, 6) is 1.04. The van der Waals surface area contributed by atoms with Gasteiger partial charge in [0.1, 0.15) is 5.75 Å². The molecular weight excluding hydrogens is 202 g/mol. The first-order chi connectivity index (χ1) is 7.76. The normalized spacial score (nSPS) is 13.6. The molecule has 0 amide bonds. The first-order valence-electron chi connectivity index (χ1n) is 5.61. The number of hydrogen-bond donors (Lipinski definition) is 1. The summed E-state index contributed by atoms with van der Waals surface area (Å²) in [4.78, 5) is 0. The quantitative estimate of drug-likeness (QED) is 0.470. The fraction of sp³-hybridized carbons (Fsp3) is 0.462. The third kappa shape index (κ3) is 2.75. The molecule has 1 rings (SSSR count). The van der Waals surface area contributed by atoms with Gasteiger partial charge in [0.05, 0.1) is 12.8 Å². The highest BCUT2D eigenvalue weighted by Crippen LogP contribution is 2.24. The van der Waals surface area contributed by atoms with Crippen molar-refractivity contribution in [2.45, 2.75) is 32.6 Å². The summed E-state index contributed by atoms with van der Waals surface area (Å²) in [6, 6.07) is 7.91. The fourth-order valence-corrected chi connectivity index (χ4v) is 1.89. The predicted molar refractivity (Wildman–Crippen MR) is 65.5 cm³/mol. The number of hydrogen-bond acceptors (Lipinski definition) is 3. The zero-order valence-electron chi connectivity index (χ0n) is 10.1. The van der Waals surface area contributed by atoms with E-state index in [1.807, 2.05) is 31.2 Å². The average molecular weight is 221 g/mol. The molecule has 0 fully saturated rings. The second-order valence-corrected chi connectivity index (χ2v) is 3.68. The minimum absolute atomic E-state index is 0.195. The van der Waals surface area contributed by atoms with E-state index < -0.39 is 0 Å². The Balaban J connectivity index is 2.95. The van der Waals surface area contributed by atoms with Crippen LogP contribution in [-0.4, -0.2) is 18.0 Å². The van der Waals surface area contributed by atoms with Crippen molar-refractivity contribution in [2.24, 2.45) is 5.16 Å². The lowest BCUT2D eigenvalue weighted by Gasteiger charge is -2.16. The van der Waals surface area contributed by atoms with Gasteiger partial charge in [-0.25, -0.2) is 0 Å². The van der Waals surface area contributed by atoms with Crippen molar-refractivity contribution in [3.63, 3.8) is 0 Å². The Kier molecular flexibility index (Phi) is 4.83. The van der Waals surface area contributed by atoms with Crippen molar-refractivity contribution in [3.8, 4) is 5.75 Å². The van der Waals surface area contributed by atoms with Crippen LogP contribution < -0.4 is 4.74 Å². The molecule has 3 heteroatoms. The van der Waals surface area contributed by atoms with Crippen molar-refractivity contribution < 1.29 is 9.94 Å². The number of rotatable bonds is 5. The zero-order valence-corrected chi connectivity index (χ0v) is 10.1. The highest BCUT2D eigenvalue weighted by atomic mass is 16.5. The maximum absolute atomic E-state index is 8.95. The Morgan fingerprint density at radius 3 is 2.31 bits per heavy atom. The second-order valence-electron chi connectivity index (χ2n) is 3.68. The SMILES string of the molecule is CC/C(=N\O)C(CC)c1ccc(OC)cc1. The van der Waals surface area contributed by atoms with E-state index in [2.05, 4.69) is 12.1 Å². The molecule has 1 N–H and O–H groups in total.